The maximum absolute atomic E-state index is 14.3. The third kappa shape index (κ3) is 15.4. The molecule has 0 saturated carbocycles. The fourth-order valence-electron chi connectivity index (χ4n) is 6.54. The van der Waals surface area contributed by atoms with Crippen molar-refractivity contribution in [3.63, 3.8) is 0 Å². The van der Waals surface area contributed by atoms with Crippen LogP contribution in [-0.4, -0.2) is 137 Å². The van der Waals surface area contributed by atoms with Gasteiger partial charge in [-0.3, -0.25) is 0 Å². The molecule has 2 aliphatic rings. The van der Waals surface area contributed by atoms with Crippen molar-refractivity contribution in [2.75, 3.05) is 19.8 Å². The van der Waals surface area contributed by atoms with E-state index in [1.165, 1.54) is 42.9 Å². The van der Waals surface area contributed by atoms with Crippen LogP contribution in [0.3, 0.4) is 0 Å². The van der Waals surface area contributed by atoms with Crippen LogP contribution in [-0.2, 0) is 66.4 Å². The zero-order valence-corrected chi connectivity index (χ0v) is 36.8. The molecule has 0 aliphatic carbocycles. The van der Waals surface area contributed by atoms with Crippen LogP contribution in [0.4, 0.5) is 13.2 Å². The van der Waals surface area contributed by atoms with Crippen molar-refractivity contribution < 1.29 is 89.2 Å². The number of unbranched alkanes of at least 4 members (excludes halogenated alkanes) is 1. The number of carbonyl (C=O) groups is 5. The molecule has 2 fully saturated rings. The molecule has 0 radical (unpaired) electrons. The third-order valence-electron chi connectivity index (χ3n) is 9.40. The molecular weight excluding hydrogens is 888 g/mol. The summed E-state index contributed by atoms with van der Waals surface area (Å²) < 4.78 is 107. The Morgan fingerprint density at radius 2 is 1.43 bits per heavy atom. The van der Waals surface area contributed by atoms with Gasteiger partial charge in [0.1, 0.15) is 0 Å². The van der Waals surface area contributed by atoms with Crippen LogP contribution in [0.25, 0.3) is 10.4 Å². The van der Waals surface area contributed by atoms with Gasteiger partial charge in [0.2, 0.25) is 0 Å². The molecule has 0 aromatic heterocycles. The molecule has 5 unspecified atom stereocenters. The van der Waals surface area contributed by atoms with Crippen molar-refractivity contribution in [3.05, 3.63) is 94.6 Å². The van der Waals surface area contributed by atoms with Crippen molar-refractivity contribution >= 4 is 52.5 Å². The predicted octanol–water partition coefficient (Wildman–Crippen LogP) is 4.70. The molecule has 19 nitrogen and oxygen atoms in total. The molecule has 2 heterocycles. The number of nitrogens with zero attached hydrogens (tertiary/aromatic N) is 3. The van der Waals surface area contributed by atoms with Gasteiger partial charge in [-0.1, -0.05) is 0 Å². The van der Waals surface area contributed by atoms with E-state index in [0.29, 0.717) is 12.8 Å². The molecular formula is C40H47B2F3N3O16P. The number of esters is 5. The topological polar surface area (TPSA) is 236 Å². The number of hydrogen-bond acceptors (Lipinski definition) is 17. The molecule has 12 atom stereocenters. The van der Waals surface area contributed by atoms with E-state index in [2.05, 4.69) is 25.7 Å². The normalized spacial score (nSPS) is 25.5. The van der Waals surface area contributed by atoms with Crippen molar-refractivity contribution in [1.82, 2.24) is 0 Å². The average molecular weight is 935 g/mol. The molecule has 2 saturated heterocycles. The van der Waals surface area contributed by atoms with Gasteiger partial charge in [0, 0.05) is 0 Å². The number of allylic oxidation sites excluding steroid dienone is 1. The Morgan fingerprint density at radius 1 is 0.815 bits per heavy atom. The van der Waals surface area contributed by atoms with E-state index >= 15 is 0 Å². The first-order valence-corrected chi connectivity index (χ1v) is 20.7. The van der Waals surface area contributed by atoms with Gasteiger partial charge in [0.15, 0.2) is 0 Å². The SMILES string of the molecule is C=C(O[C@@H]1OC([C@H](COC(=O)c2ccccc2)OCCCC)[C@@H](OB=BP)C(OC(=O)c2ccccc2)[C@H]1O[C@H]1O[C@H](COC(C)=O)[C@@H](OC(C)=O)C(OC(C)=O)C1N=[N+]=[N-])C(F)(F)F. The molecule has 2 aliphatic heterocycles. The minimum absolute atomic E-state index is 0.0137. The van der Waals surface area contributed by atoms with Gasteiger partial charge >= 0.3 is 375 Å². The number of carbonyl (C=O) groups excluding carboxylic acids is 5. The van der Waals surface area contributed by atoms with Crippen molar-refractivity contribution in [1.29, 1.82) is 0 Å². The molecule has 2 aromatic carbocycles. The van der Waals surface area contributed by atoms with Gasteiger partial charge in [0.25, 0.3) is 0 Å². The molecule has 25 heteroatoms. The molecule has 4 rings (SSSR count). The monoisotopic (exact) mass is 935 g/mol. The van der Waals surface area contributed by atoms with E-state index in [0.717, 1.165) is 27.8 Å². The van der Waals surface area contributed by atoms with Gasteiger partial charge in [-0.15, -0.1) is 0 Å². The zero-order valence-electron chi connectivity index (χ0n) is 35.6. The van der Waals surface area contributed by atoms with Gasteiger partial charge in [-0.05, 0) is 0 Å². The summed E-state index contributed by atoms with van der Waals surface area (Å²) in [5, 5.41) is 3.68. The predicted molar refractivity (Wildman–Crippen MR) is 222 cm³/mol. The minimum atomic E-state index is -5.22. The van der Waals surface area contributed by atoms with Crippen molar-refractivity contribution in [3.8, 4) is 0 Å². The molecule has 2 aromatic rings. The number of azide groups is 1. The third-order valence-corrected chi connectivity index (χ3v) is 9.56. The Hall–Kier alpha value is -5.37. The fourth-order valence-corrected chi connectivity index (χ4v) is 6.63. The van der Waals surface area contributed by atoms with Crippen LogP contribution in [0.5, 0.6) is 0 Å². The maximum atomic E-state index is 14.3. The van der Waals surface area contributed by atoms with Crippen molar-refractivity contribution in [2.24, 2.45) is 5.11 Å². The first-order chi connectivity index (χ1) is 31.0. The number of benzene rings is 2. The van der Waals surface area contributed by atoms with Crippen LogP contribution in [0.1, 0.15) is 61.3 Å². The molecule has 0 N–H and O–H groups in total. The number of hydrogen-bond donors (Lipinski definition) is 0. The summed E-state index contributed by atoms with van der Waals surface area (Å²) in [4.78, 5) is 66.8. The van der Waals surface area contributed by atoms with E-state index in [1.807, 2.05) is 6.92 Å². The van der Waals surface area contributed by atoms with E-state index in [4.69, 9.17) is 52.0 Å². The van der Waals surface area contributed by atoms with Gasteiger partial charge in [-0.25, -0.2) is 0 Å². The molecule has 65 heavy (non-hydrogen) atoms. The summed E-state index contributed by atoms with van der Waals surface area (Å²) in [6.07, 6.45) is -22.1. The van der Waals surface area contributed by atoms with E-state index in [1.54, 1.807) is 24.3 Å². The Labute approximate surface area is 374 Å². The average Bonchev–Trinajstić information content (AvgIpc) is 3.26. The Bertz CT molecular complexity index is 2020. The number of alkyl halides is 3. The number of ether oxygens (including phenoxy) is 10. The fraction of sp³-hybridized carbons (Fsp3) is 0.525. The van der Waals surface area contributed by atoms with Crippen molar-refractivity contribution in [2.45, 2.75) is 114 Å². The van der Waals surface area contributed by atoms with E-state index in [-0.39, 0.29) is 17.7 Å². The molecule has 350 valence electrons. The summed E-state index contributed by atoms with van der Waals surface area (Å²) in [7, 11) is 3.37. The summed E-state index contributed by atoms with van der Waals surface area (Å²) >= 11 is 0. The van der Waals surface area contributed by atoms with Crippen LogP contribution in [0, 0.1) is 0 Å². The van der Waals surface area contributed by atoms with Crippen LogP contribution < -0.4 is 0 Å². The summed E-state index contributed by atoms with van der Waals surface area (Å²) in [5.41, 5.74) is 9.86. The zero-order chi connectivity index (χ0) is 47.7. The Morgan fingerprint density at radius 3 is 1.98 bits per heavy atom. The molecule has 0 spiro atoms. The Kier molecular flexibility index (Phi) is 20.4. The van der Waals surface area contributed by atoms with E-state index in [9.17, 15) is 42.7 Å². The standard InChI is InChI=1S/C40H47B2F3N3O16P/c1-6-7-18-54-27(19-56-36(52)25-14-10-8-11-15-25)30-34(64-41-42-65)33(61-37(53)26-16-12-9-13-17-26)35(39(62-30)57-21(2)40(43,44)45)63-38-29(47-48-46)32(59-24(5)51)31(58-23(4)50)28(60-38)20-55-22(3)49/h8-17,27-35,38-39H,2,6-7,18-20,65H2,1,3-5H3/t27-,28+,29?,30?,31+,32?,33?,34+,35+,38+,39+/m0/s1. The molecule has 0 amide bonds. The van der Waals surface area contributed by atoms with Gasteiger partial charge < -0.3 is 0 Å². The van der Waals surface area contributed by atoms with Gasteiger partial charge in [0.05, 0.1) is 0 Å². The van der Waals surface area contributed by atoms with E-state index < -0.39 is 122 Å². The van der Waals surface area contributed by atoms with Crippen LogP contribution >= 0.6 is 9.12 Å². The summed E-state index contributed by atoms with van der Waals surface area (Å²) in [6, 6.07) is 13.4. The second-order valence-corrected chi connectivity index (χ2v) is 14.6. The van der Waals surface area contributed by atoms with Crippen LogP contribution in [0.15, 0.2) is 78.1 Å². The second kappa shape index (κ2) is 25.4. The number of rotatable bonds is 21. The second-order valence-electron chi connectivity index (χ2n) is 14.2. The number of halogens is 3. The quantitative estimate of drug-likeness (QED) is 0.0190. The van der Waals surface area contributed by atoms with Crippen LogP contribution in [0.2, 0.25) is 0 Å². The first kappa shape index (κ1) is 52.3. The molecule has 0 bridgehead atoms. The first-order valence-electron chi connectivity index (χ1n) is 20.0. The Balaban J connectivity index is 1.94. The summed E-state index contributed by atoms with van der Waals surface area (Å²) in [5.74, 6) is -6.43. The summed E-state index contributed by atoms with van der Waals surface area (Å²) in [6.45, 7) is 7.98. The van der Waals surface area contributed by atoms with Gasteiger partial charge in [-0.2, -0.15) is 0 Å².